The van der Waals surface area contributed by atoms with E-state index in [-0.39, 0.29) is 57.0 Å². The van der Waals surface area contributed by atoms with Gasteiger partial charge in [-0.1, -0.05) is 0 Å². The number of methoxy groups -OCH3 is 5. The van der Waals surface area contributed by atoms with Gasteiger partial charge in [-0.3, -0.25) is 57.5 Å². The van der Waals surface area contributed by atoms with E-state index < -0.39 is 327 Å². The first kappa shape index (κ1) is 126. The summed E-state index contributed by atoms with van der Waals surface area (Å²) in [5.41, 5.74) is 0. The van der Waals surface area contributed by atoms with Crippen LogP contribution in [0.5, 0.6) is 0 Å². The Morgan fingerprint density at radius 1 is 0.314 bits per heavy atom. The quantitative estimate of drug-likeness (QED) is 0.0116. The summed E-state index contributed by atoms with van der Waals surface area (Å²) >= 11 is 0. The number of rotatable bonds is 50. The van der Waals surface area contributed by atoms with Crippen molar-refractivity contribution in [3.05, 3.63) is 0 Å². The molecular weight excluding hydrogens is 1930 g/mol. The van der Waals surface area contributed by atoms with Crippen LogP contribution in [0.3, 0.4) is 0 Å². The van der Waals surface area contributed by atoms with E-state index in [0.717, 1.165) is 14.2 Å². The van der Waals surface area contributed by atoms with Crippen molar-refractivity contribution in [1.29, 1.82) is 0 Å². The van der Waals surface area contributed by atoms with Gasteiger partial charge in [0.25, 0.3) is 32.4 Å². The van der Waals surface area contributed by atoms with Crippen molar-refractivity contribution in [2.45, 2.75) is 339 Å². The molecule has 7 saturated heterocycles. The van der Waals surface area contributed by atoms with Crippen molar-refractivity contribution in [3.63, 3.8) is 0 Å². The first-order valence-corrected chi connectivity index (χ1v) is 43.7. The summed E-state index contributed by atoms with van der Waals surface area (Å²) in [6.07, 6.45) is -46.9. The number of aliphatic hydroxyl groups excluding tert-OH is 14. The average molecular weight is 2060 g/mol. The van der Waals surface area contributed by atoms with E-state index in [1.807, 2.05) is 0 Å². The standard InChI is InChI=1S/2C16H27NO11.2C16H25NO11.C16H28NO10P/c2*1-6-9(17-7(2)20)13(10(21)8(4-18)26-6)27-15-12(23)11(22)14(24-3)16(28-15)25-5-19;2*1-8-13(17-9(2)22)15(14(23)10(4-18)26-8)27-12(6-20)28-16(25-7-21)11(5-19)24-3;1-8-13(17-9(2)21)15(14(22)10(4-18)25-8)26-12(6-28)27-16(24-7-20)11(5-19)23-3/h2*5-6,8-16,18,21-23H,4H2,1-3H3,(H,17,20);2*5-8,10-16,18,23H,4H2,1-3H3,(H,17,22);5,7-8,10-16,18,22H,4,6,28H2,1-3H3,(H,17,21)/t2*6-,8?,9+,10-,11?,12-,13?,14-,15+,16?;3*8-,10?,11?,12+,13+,14-,15?,16?/m00000/s1. The lowest BCUT2D eigenvalue weighted by molar-refractivity contribution is -0.362. The van der Waals surface area contributed by atoms with Gasteiger partial charge in [0.15, 0.2) is 68.6 Å². The highest BCUT2D eigenvalue weighted by Gasteiger charge is 2.56. The highest BCUT2D eigenvalue weighted by molar-refractivity contribution is 7.16. The molecule has 7 aliphatic rings. The molecule has 0 bridgehead atoms. The largest absolute Gasteiger partial charge is 0.435 e. The minimum Gasteiger partial charge on any atom is -0.435 e. The van der Waals surface area contributed by atoms with Crippen LogP contribution in [0, 0.1) is 0 Å². The fourth-order valence-electron chi connectivity index (χ4n) is 15.0. The molecule has 5 amide bonds. The van der Waals surface area contributed by atoms with Gasteiger partial charge in [-0.15, -0.1) is 9.24 Å². The van der Waals surface area contributed by atoms with Gasteiger partial charge in [0, 0.05) is 76.3 Å². The van der Waals surface area contributed by atoms with E-state index in [4.69, 9.17) is 109 Å². The van der Waals surface area contributed by atoms with Crippen molar-refractivity contribution >= 4 is 103 Å². The van der Waals surface area contributed by atoms with Crippen LogP contribution < -0.4 is 26.6 Å². The summed E-state index contributed by atoms with van der Waals surface area (Å²) in [5.74, 6) is -2.11. The van der Waals surface area contributed by atoms with Gasteiger partial charge < -0.3 is 231 Å². The molecule has 59 nitrogen and oxygen atoms in total. The zero-order valence-electron chi connectivity index (χ0n) is 78.6. The third-order valence-corrected chi connectivity index (χ3v) is 22.2. The zero-order valence-corrected chi connectivity index (χ0v) is 79.7. The van der Waals surface area contributed by atoms with Gasteiger partial charge in [-0.05, 0) is 34.6 Å². The van der Waals surface area contributed by atoms with Crippen molar-refractivity contribution in [2.24, 2.45) is 0 Å². The van der Waals surface area contributed by atoms with Crippen molar-refractivity contribution < 1.29 is 262 Å². The van der Waals surface area contributed by atoms with E-state index >= 15 is 0 Å². The van der Waals surface area contributed by atoms with Gasteiger partial charge >= 0.3 is 0 Å². The maximum atomic E-state index is 11.5. The second-order valence-corrected chi connectivity index (χ2v) is 31.8. The molecule has 806 valence electrons. The third kappa shape index (κ3) is 36.7. The molecule has 45 atom stereocenters. The maximum Gasteiger partial charge on any atom is 0.295 e. The second kappa shape index (κ2) is 64.8. The maximum absolute atomic E-state index is 11.5. The number of carbonyl (C=O) groups excluding carboxylic acids is 15. The fraction of sp³-hybridized carbons (Fsp3) is 0.812. The molecule has 21 unspecified atom stereocenters. The van der Waals surface area contributed by atoms with Gasteiger partial charge in [0.1, 0.15) is 128 Å². The summed E-state index contributed by atoms with van der Waals surface area (Å²) in [6, 6.07) is -4.23. The summed E-state index contributed by atoms with van der Waals surface area (Å²) in [5, 5.41) is 153. The number of aliphatic hydroxyl groups is 14. The van der Waals surface area contributed by atoms with Crippen molar-refractivity contribution in [2.75, 3.05) is 74.7 Å². The Morgan fingerprint density at radius 2 is 0.557 bits per heavy atom. The zero-order chi connectivity index (χ0) is 106. The molecule has 0 aromatic rings. The molecule has 7 heterocycles. The molecule has 0 radical (unpaired) electrons. The Labute approximate surface area is 802 Å². The van der Waals surface area contributed by atoms with Gasteiger partial charge in [0.2, 0.25) is 73.6 Å². The normalized spacial score (nSPS) is 35.9. The van der Waals surface area contributed by atoms with E-state index in [1.165, 1.54) is 55.9 Å². The van der Waals surface area contributed by atoms with Crippen LogP contribution >= 0.6 is 9.24 Å². The lowest BCUT2D eigenvalue weighted by Crippen LogP contribution is -2.67. The number of carbonyl (C=O) groups is 15. The minimum atomic E-state index is -1.71. The van der Waals surface area contributed by atoms with E-state index in [0.29, 0.717) is 18.9 Å². The Kier molecular flexibility index (Phi) is 58.4. The number of nitrogens with one attached hydrogen (secondary N) is 5. The molecule has 140 heavy (non-hydrogen) atoms. The van der Waals surface area contributed by atoms with E-state index in [2.05, 4.69) is 45.3 Å². The van der Waals surface area contributed by atoms with E-state index in [1.54, 1.807) is 34.6 Å². The van der Waals surface area contributed by atoms with Crippen LogP contribution in [-0.2, 0) is 190 Å². The number of amides is 5. The topological polar surface area (TPSA) is 830 Å². The first-order chi connectivity index (χ1) is 66.4. The van der Waals surface area contributed by atoms with Gasteiger partial charge in [0.05, 0.1) is 93.8 Å². The first-order valence-electron chi connectivity index (χ1n) is 42.9. The highest BCUT2D eigenvalue weighted by Crippen LogP contribution is 2.35. The van der Waals surface area contributed by atoms with Crippen LogP contribution in [0.25, 0.3) is 0 Å². The molecule has 0 saturated carbocycles. The Bertz CT molecular complexity index is 3520. The van der Waals surface area contributed by atoms with Crippen molar-refractivity contribution in [1.82, 2.24) is 26.6 Å². The Hall–Kier alpha value is -7.88. The molecule has 0 aromatic carbocycles. The number of hydrogen-bond donors (Lipinski definition) is 19. The average Bonchev–Trinajstić information content (AvgIpc) is 0.797. The van der Waals surface area contributed by atoms with Crippen molar-refractivity contribution in [3.8, 4) is 0 Å². The SMILES string of the molecule is COC(C=O)C(OC=O)O[C@H](C=O)OC1[C@@H](O)C(CO)O[C@@H](C)[C@H]1NC(C)=O.COC(C=O)C(OC=O)O[C@H](C=O)OC1[C@@H](O)C(CO)O[C@@H](C)[C@H]1NC(C)=O.COC(C=O)C(OC=O)O[C@H](CP)OC1[C@@H](O)C(CO)O[C@@H](C)[C@H]1NC(C)=O.CO[C@@H]1C(OC=O)O[C@@H](OC2[C@@H](O)C(CO)O[C@@H](C)[C@H]2NC(C)=O)[C@@H](O)C1O.CO[C@@H]1C(OC=O)O[C@@H](OC2[C@@H](O)C(CO)O[C@@H](C)[C@H]2NC(C)=O)[C@@H](O)C1O. The fourth-order valence-corrected chi connectivity index (χ4v) is 15.3. The molecule has 7 fully saturated rings. The Balaban J connectivity index is 0.000000450. The summed E-state index contributed by atoms with van der Waals surface area (Å²) in [4.78, 5) is 167. The van der Waals surface area contributed by atoms with Crippen LogP contribution in [0.1, 0.15) is 69.2 Å². The summed E-state index contributed by atoms with van der Waals surface area (Å²) in [7, 11) is 8.37. The predicted octanol–water partition coefficient (Wildman–Crippen LogP) is -14.3. The molecular formula is C80H132N5O54P. The molecule has 0 spiro atoms. The van der Waals surface area contributed by atoms with Crippen LogP contribution in [-0.4, -0.2) is 510 Å². The summed E-state index contributed by atoms with van der Waals surface area (Å²) < 4.78 is 130. The molecule has 0 aliphatic carbocycles. The van der Waals surface area contributed by atoms with Gasteiger partial charge in [-0.2, -0.15) is 0 Å². The minimum absolute atomic E-state index is 0.00464. The molecule has 7 rings (SSSR count). The van der Waals surface area contributed by atoms with Crippen LogP contribution in [0.15, 0.2) is 0 Å². The Morgan fingerprint density at radius 3 is 0.764 bits per heavy atom. The number of aldehydes is 5. The third-order valence-electron chi connectivity index (χ3n) is 21.8. The number of ether oxygens (including phenoxy) is 25. The smallest absolute Gasteiger partial charge is 0.295 e. The van der Waals surface area contributed by atoms with Crippen LogP contribution in [0.2, 0.25) is 0 Å². The van der Waals surface area contributed by atoms with Crippen LogP contribution in [0.4, 0.5) is 0 Å². The lowest BCUT2D eigenvalue weighted by Gasteiger charge is -2.47. The number of hydrogen-bond acceptors (Lipinski definition) is 54. The molecule has 60 heteroatoms. The predicted molar refractivity (Wildman–Crippen MR) is 451 cm³/mol. The summed E-state index contributed by atoms with van der Waals surface area (Å²) in [6.45, 7) is 12.0. The second-order valence-electron chi connectivity index (χ2n) is 31.4. The lowest BCUT2D eigenvalue weighted by atomic mass is 9.92. The molecule has 7 aliphatic heterocycles. The van der Waals surface area contributed by atoms with Gasteiger partial charge in [-0.25, -0.2) is 0 Å². The monoisotopic (exact) mass is 2060 g/mol. The van der Waals surface area contributed by atoms with E-state index in [9.17, 15) is 143 Å². The molecule has 19 N–H and O–H groups in total. The molecule has 0 aromatic heterocycles. The highest BCUT2D eigenvalue weighted by atomic mass is 31.0.